The molecule has 34 heavy (non-hydrogen) atoms. The molecule has 0 N–H and O–H groups in total. The van der Waals surface area contributed by atoms with E-state index in [2.05, 4.69) is 79.7 Å². The third kappa shape index (κ3) is 5.05. The second kappa shape index (κ2) is 10.9. The fourth-order valence-corrected chi connectivity index (χ4v) is 4.17. The molecule has 0 spiro atoms. The van der Waals surface area contributed by atoms with Crippen molar-refractivity contribution >= 4 is 11.1 Å². The SMILES string of the molecule is COCc1ccccc1/C(=C(/c1ccc(C)cc1)c1ccc(OC)cc1)c1ccc(OC)cc1. The summed E-state index contributed by atoms with van der Waals surface area (Å²) in [4.78, 5) is 0. The summed E-state index contributed by atoms with van der Waals surface area (Å²) in [6, 6.07) is 33.7. The Bertz CT molecular complexity index is 1250. The van der Waals surface area contributed by atoms with Crippen LogP contribution in [0, 0.1) is 6.92 Å². The van der Waals surface area contributed by atoms with Crippen LogP contribution in [0.2, 0.25) is 0 Å². The van der Waals surface area contributed by atoms with Gasteiger partial charge in [0.15, 0.2) is 0 Å². The van der Waals surface area contributed by atoms with Crippen LogP contribution in [-0.2, 0) is 11.3 Å². The third-order valence-electron chi connectivity index (χ3n) is 5.93. The number of hydrogen-bond acceptors (Lipinski definition) is 3. The highest BCUT2D eigenvalue weighted by Crippen LogP contribution is 2.39. The Morgan fingerprint density at radius 2 is 1.03 bits per heavy atom. The lowest BCUT2D eigenvalue weighted by Gasteiger charge is -2.21. The average Bonchev–Trinajstić information content (AvgIpc) is 2.89. The summed E-state index contributed by atoms with van der Waals surface area (Å²) in [7, 11) is 5.11. The molecule has 3 nitrogen and oxygen atoms in total. The fourth-order valence-electron chi connectivity index (χ4n) is 4.17. The van der Waals surface area contributed by atoms with Crippen LogP contribution in [0.15, 0.2) is 97.1 Å². The minimum Gasteiger partial charge on any atom is -0.497 e. The molecule has 3 heteroatoms. The molecule has 4 aromatic rings. The number of methoxy groups -OCH3 is 3. The summed E-state index contributed by atoms with van der Waals surface area (Å²) in [5.41, 5.74) is 9.16. The first-order valence-corrected chi connectivity index (χ1v) is 11.3. The van der Waals surface area contributed by atoms with Crippen molar-refractivity contribution in [2.75, 3.05) is 21.3 Å². The lowest BCUT2D eigenvalue weighted by Crippen LogP contribution is -2.02. The molecule has 0 aliphatic carbocycles. The van der Waals surface area contributed by atoms with Crippen molar-refractivity contribution in [3.8, 4) is 11.5 Å². The summed E-state index contributed by atoms with van der Waals surface area (Å²) in [6.45, 7) is 2.64. The van der Waals surface area contributed by atoms with Crippen LogP contribution in [0.5, 0.6) is 11.5 Å². The van der Waals surface area contributed by atoms with Crippen LogP contribution in [0.25, 0.3) is 11.1 Å². The van der Waals surface area contributed by atoms with Gasteiger partial charge >= 0.3 is 0 Å². The lowest BCUT2D eigenvalue weighted by atomic mass is 9.84. The molecule has 0 heterocycles. The molecular weight excluding hydrogens is 420 g/mol. The molecule has 0 aliphatic rings. The predicted molar refractivity (Wildman–Crippen MR) is 139 cm³/mol. The topological polar surface area (TPSA) is 27.7 Å². The molecule has 4 aromatic carbocycles. The normalized spacial score (nSPS) is 11.6. The van der Waals surface area contributed by atoms with E-state index in [1.807, 2.05) is 24.3 Å². The molecule has 0 saturated carbocycles. The Hall–Kier alpha value is -3.82. The molecule has 0 saturated heterocycles. The van der Waals surface area contributed by atoms with Crippen LogP contribution in [0.1, 0.15) is 33.4 Å². The first kappa shape index (κ1) is 23.3. The number of ether oxygens (including phenoxy) is 3. The zero-order chi connectivity index (χ0) is 23.9. The number of benzene rings is 4. The van der Waals surface area contributed by atoms with Crippen molar-refractivity contribution < 1.29 is 14.2 Å². The van der Waals surface area contributed by atoms with E-state index in [9.17, 15) is 0 Å². The van der Waals surface area contributed by atoms with Gasteiger partial charge in [-0.25, -0.2) is 0 Å². The summed E-state index contributed by atoms with van der Waals surface area (Å²) >= 11 is 0. The van der Waals surface area contributed by atoms with Gasteiger partial charge in [0.25, 0.3) is 0 Å². The molecule has 0 radical (unpaired) electrons. The van der Waals surface area contributed by atoms with E-state index in [0.29, 0.717) is 6.61 Å². The minimum absolute atomic E-state index is 0.527. The zero-order valence-electron chi connectivity index (χ0n) is 20.2. The van der Waals surface area contributed by atoms with Crippen molar-refractivity contribution in [3.05, 3.63) is 130 Å². The van der Waals surface area contributed by atoms with E-state index in [1.54, 1.807) is 21.3 Å². The number of hydrogen-bond donors (Lipinski definition) is 0. The Balaban J connectivity index is 2.08. The van der Waals surface area contributed by atoms with E-state index in [1.165, 1.54) is 5.56 Å². The van der Waals surface area contributed by atoms with Crippen molar-refractivity contribution in [2.45, 2.75) is 13.5 Å². The molecule has 0 aromatic heterocycles. The Morgan fingerprint density at radius 1 is 0.559 bits per heavy atom. The zero-order valence-corrected chi connectivity index (χ0v) is 20.2. The molecule has 0 bridgehead atoms. The van der Waals surface area contributed by atoms with Crippen LogP contribution in [0.3, 0.4) is 0 Å². The van der Waals surface area contributed by atoms with E-state index < -0.39 is 0 Å². The van der Waals surface area contributed by atoms with Crippen molar-refractivity contribution in [2.24, 2.45) is 0 Å². The van der Waals surface area contributed by atoms with Crippen LogP contribution < -0.4 is 9.47 Å². The van der Waals surface area contributed by atoms with Gasteiger partial charge < -0.3 is 14.2 Å². The first-order valence-electron chi connectivity index (χ1n) is 11.3. The molecule has 4 rings (SSSR count). The highest BCUT2D eigenvalue weighted by Gasteiger charge is 2.19. The van der Waals surface area contributed by atoms with Gasteiger partial charge in [0, 0.05) is 7.11 Å². The summed E-state index contributed by atoms with van der Waals surface area (Å²) < 4.78 is 16.4. The molecule has 0 unspecified atom stereocenters. The highest BCUT2D eigenvalue weighted by molar-refractivity contribution is 6.05. The second-order valence-corrected chi connectivity index (χ2v) is 8.16. The van der Waals surface area contributed by atoms with Crippen LogP contribution >= 0.6 is 0 Å². The van der Waals surface area contributed by atoms with Crippen LogP contribution in [-0.4, -0.2) is 21.3 Å². The van der Waals surface area contributed by atoms with Crippen molar-refractivity contribution in [1.82, 2.24) is 0 Å². The van der Waals surface area contributed by atoms with Crippen LogP contribution in [0.4, 0.5) is 0 Å². The van der Waals surface area contributed by atoms with Gasteiger partial charge in [0.1, 0.15) is 11.5 Å². The lowest BCUT2D eigenvalue weighted by molar-refractivity contribution is 0.184. The molecule has 0 aliphatic heterocycles. The molecule has 172 valence electrons. The van der Waals surface area contributed by atoms with Crippen molar-refractivity contribution in [1.29, 1.82) is 0 Å². The first-order chi connectivity index (χ1) is 16.6. The standard InChI is InChI=1S/C31H30O3/c1-22-9-11-23(12-10-22)30(24-13-17-27(33-3)18-14-24)31(25-15-19-28(34-4)20-16-25)29-8-6-5-7-26(29)21-32-2/h5-20H,21H2,1-4H3/b31-30-. The van der Waals surface area contributed by atoms with E-state index in [4.69, 9.17) is 14.2 Å². The van der Waals surface area contributed by atoms with Gasteiger partial charge in [-0.05, 0) is 70.2 Å². The molecule has 0 amide bonds. The Kier molecular flexibility index (Phi) is 7.46. The molecule has 0 atom stereocenters. The Labute approximate surface area is 202 Å². The average molecular weight is 451 g/mol. The maximum atomic E-state index is 5.57. The number of rotatable bonds is 8. The predicted octanol–water partition coefficient (Wildman–Crippen LogP) is 7.17. The second-order valence-electron chi connectivity index (χ2n) is 8.16. The smallest absolute Gasteiger partial charge is 0.118 e. The summed E-state index contributed by atoms with van der Waals surface area (Å²) in [6.07, 6.45) is 0. The van der Waals surface area contributed by atoms with Crippen molar-refractivity contribution in [3.63, 3.8) is 0 Å². The van der Waals surface area contributed by atoms with Gasteiger partial charge in [0.05, 0.1) is 20.8 Å². The monoisotopic (exact) mass is 450 g/mol. The maximum absolute atomic E-state index is 5.57. The maximum Gasteiger partial charge on any atom is 0.118 e. The third-order valence-corrected chi connectivity index (χ3v) is 5.93. The van der Waals surface area contributed by atoms with E-state index in [0.717, 1.165) is 50.5 Å². The fraction of sp³-hybridized carbons (Fsp3) is 0.161. The Morgan fingerprint density at radius 3 is 1.53 bits per heavy atom. The van der Waals surface area contributed by atoms with Gasteiger partial charge in [-0.1, -0.05) is 78.4 Å². The largest absolute Gasteiger partial charge is 0.497 e. The highest BCUT2D eigenvalue weighted by atomic mass is 16.5. The molecule has 0 fully saturated rings. The molecular formula is C31H30O3. The van der Waals surface area contributed by atoms with Gasteiger partial charge in [0.2, 0.25) is 0 Å². The van der Waals surface area contributed by atoms with Gasteiger partial charge in [-0.2, -0.15) is 0 Å². The van der Waals surface area contributed by atoms with E-state index in [-0.39, 0.29) is 0 Å². The quantitative estimate of drug-likeness (QED) is 0.266. The minimum atomic E-state index is 0.527. The number of aryl methyl sites for hydroxylation is 1. The van der Waals surface area contributed by atoms with E-state index >= 15 is 0 Å². The summed E-state index contributed by atoms with van der Waals surface area (Å²) in [5, 5.41) is 0. The van der Waals surface area contributed by atoms with Gasteiger partial charge in [-0.15, -0.1) is 0 Å². The van der Waals surface area contributed by atoms with Gasteiger partial charge in [-0.3, -0.25) is 0 Å². The summed E-state index contributed by atoms with van der Waals surface area (Å²) in [5.74, 6) is 1.66.